The van der Waals surface area contributed by atoms with Gasteiger partial charge in [0.1, 0.15) is 5.76 Å². The van der Waals surface area contributed by atoms with Crippen molar-refractivity contribution < 1.29 is 13.9 Å². The lowest BCUT2D eigenvalue weighted by atomic mass is 10.3. The van der Waals surface area contributed by atoms with E-state index in [0.717, 1.165) is 5.76 Å². The largest absolute Gasteiger partial charge is 0.466 e. The van der Waals surface area contributed by atoms with Crippen molar-refractivity contribution in [1.82, 2.24) is 4.98 Å². The molecule has 0 aliphatic rings. The van der Waals surface area contributed by atoms with Crippen LogP contribution in [-0.4, -0.2) is 17.6 Å². The number of aryl methyl sites for hydroxylation is 2. The van der Waals surface area contributed by atoms with Crippen LogP contribution in [0.5, 0.6) is 0 Å². The van der Waals surface area contributed by atoms with Gasteiger partial charge >= 0.3 is 5.97 Å². The summed E-state index contributed by atoms with van der Waals surface area (Å²) >= 11 is 0. The number of hydrogen-bond acceptors (Lipinski definition) is 4. The maximum Gasteiger partial charge on any atom is 0.306 e. The number of hydrogen-bond donors (Lipinski definition) is 0. The fraction of sp³-hybridized carbons (Fsp3) is 0.556. The Kier molecular flexibility index (Phi) is 3.49. The Morgan fingerprint density at radius 1 is 1.69 bits per heavy atom. The highest BCUT2D eigenvalue weighted by atomic mass is 16.5. The third-order valence-corrected chi connectivity index (χ3v) is 1.55. The fourth-order valence-electron chi connectivity index (χ4n) is 0.979. The minimum atomic E-state index is -0.198. The first-order chi connectivity index (χ1) is 6.22. The highest BCUT2D eigenvalue weighted by Crippen LogP contribution is 2.05. The summed E-state index contributed by atoms with van der Waals surface area (Å²) in [4.78, 5) is 14.9. The summed E-state index contributed by atoms with van der Waals surface area (Å²) in [5, 5.41) is 0. The molecule has 1 aromatic rings. The molecule has 0 atom stereocenters. The van der Waals surface area contributed by atoms with Crippen LogP contribution in [0.4, 0.5) is 0 Å². The first-order valence-corrected chi connectivity index (χ1v) is 4.29. The molecule has 1 aromatic heterocycles. The van der Waals surface area contributed by atoms with E-state index in [0.29, 0.717) is 25.3 Å². The van der Waals surface area contributed by atoms with Crippen molar-refractivity contribution in [3.8, 4) is 0 Å². The second kappa shape index (κ2) is 4.64. The third kappa shape index (κ3) is 3.27. The molecular formula is C9H13NO3. The van der Waals surface area contributed by atoms with Crippen LogP contribution in [0.3, 0.4) is 0 Å². The molecule has 1 heterocycles. The molecule has 0 aromatic carbocycles. The number of esters is 1. The number of oxazole rings is 1. The van der Waals surface area contributed by atoms with Gasteiger partial charge in [0, 0.05) is 13.3 Å². The number of nitrogens with zero attached hydrogens (tertiary/aromatic N) is 1. The van der Waals surface area contributed by atoms with E-state index in [1.807, 2.05) is 0 Å². The van der Waals surface area contributed by atoms with Crippen molar-refractivity contribution in [3.63, 3.8) is 0 Å². The van der Waals surface area contributed by atoms with E-state index < -0.39 is 0 Å². The second-order valence-corrected chi connectivity index (χ2v) is 2.65. The molecule has 4 nitrogen and oxygen atoms in total. The van der Waals surface area contributed by atoms with Gasteiger partial charge in [0.2, 0.25) is 0 Å². The lowest BCUT2D eigenvalue weighted by Gasteiger charge is -1.98. The zero-order valence-electron chi connectivity index (χ0n) is 7.87. The summed E-state index contributed by atoms with van der Waals surface area (Å²) in [7, 11) is 0. The quantitative estimate of drug-likeness (QED) is 0.663. The van der Waals surface area contributed by atoms with Crippen LogP contribution in [-0.2, 0) is 16.0 Å². The molecule has 0 N–H and O–H groups in total. The van der Waals surface area contributed by atoms with Crippen molar-refractivity contribution in [2.75, 3.05) is 6.61 Å². The summed E-state index contributed by atoms with van der Waals surface area (Å²) in [6, 6.07) is 0. The molecule has 0 aliphatic heterocycles. The van der Waals surface area contributed by atoms with Crippen LogP contribution in [0.1, 0.15) is 25.0 Å². The maximum atomic E-state index is 10.9. The number of rotatable bonds is 4. The zero-order valence-corrected chi connectivity index (χ0v) is 7.87. The van der Waals surface area contributed by atoms with Crippen LogP contribution in [0, 0.1) is 6.92 Å². The van der Waals surface area contributed by atoms with E-state index in [-0.39, 0.29) is 5.97 Å². The lowest BCUT2D eigenvalue weighted by molar-refractivity contribution is -0.143. The number of ether oxygens (including phenoxy) is 1. The van der Waals surface area contributed by atoms with Gasteiger partial charge in [0.05, 0.1) is 19.2 Å². The van der Waals surface area contributed by atoms with Crippen LogP contribution in [0.15, 0.2) is 10.6 Å². The van der Waals surface area contributed by atoms with Crippen molar-refractivity contribution in [2.24, 2.45) is 0 Å². The van der Waals surface area contributed by atoms with Crippen molar-refractivity contribution in [2.45, 2.75) is 26.7 Å². The predicted octanol–water partition coefficient (Wildman–Crippen LogP) is 1.48. The topological polar surface area (TPSA) is 52.3 Å². The molecule has 72 valence electrons. The first-order valence-electron chi connectivity index (χ1n) is 4.29. The molecule has 0 unspecified atom stereocenters. The molecular weight excluding hydrogens is 170 g/mol. The van der Waals surface area contributed by atoms with Crippen LogP contribution in [0.2, 0.25) is 0 Å². The fourth-order valence-corrected chi connectivity index (χ4v) is 0.979. The van der Waals surface area contributed by atoms with Crippen molar-refractivity contribution in [3.05, 3.63) is 17.8 Å². The van der Waals surface area contributed by atoms with Gasteiger partial charge in [0.15, 0.2) is 5.89 Å². The van der Waals surface area contributed by atoms with E-state index in [9.17, 15) is 4.79 Å². The van der Waals surface area contributed by atoms with E-state index in [1.165, 1.54) is 0 Å². The highest BCUT2D eigenvalue weighted by molar-refractivity contribution is 5.69. The molecule has 0 amide bonds. The average Bonchev–Trinajstić information content (AvgIpc) is 2.49. The van der Waals surface area contributed by atoms with E-state index in [1.54, 1.807) is 20.0 Å². The van der Waals surface area contributed by atoms with Crippen molar-refractivity contribution in [1.29, 1.82) is 0 Å². The molecule has 4 heteroatoms. The molecule has 0 aliphatic carbocycles. The van der Waals surface area contributed by atoms with Gasteiger partial charge in [-0.3, -0.25) is 4.79 Å². The van der Waals surface area contributed by atoms with E-state index in [2.05, 4.69) is 4.98 Å². The Morgan fingerprint density at radius 3 is 3.00 bits per heavy atom. The normalized spacial score (nSPS) is 10.0. The van der Waals surface area contributed by atoms with Crippen molar-refractivity contribution >= 4 is 5.97 Å². The smallest absolute Gasteiger partial charge is 0.306 e. The summed E-state index contributed by atoms with van der Waals surface area (Å²) in [6.07, 6.45) is 2.54. The lowest BCUT2D eigenvalue weighted by Crippen LogP contribution is -2.04. The average molecular weight is 183 g/mol. The standard InChI is InChI=1S/C9H13NO3/c1-3-12-9(11)5-4-8-6-10-7(2)13-8/h6H,3-5H2,1-2H3. The molecule has 0 saturated carbocycles. The zero-order chi connectivity index (χ0) is 9.68. The van der Waals surface area contributed by atoms with Gasteiger partial charge in [-0.15, -0.1) is 0 Å². The van der Waals surface area contributed by atoms with Crippen LogP contribution >= 0.6 is 0 Å². The summed E-state index contributed by atoms with van der Waals surface area (Å²) in [5.74, 6) is 1.15. The Morgan fingerprint density at radius 2 is 2.46 bits per heavy atom. The minimum Gasteiger partial charge on any atom is -0.466 e. The summed E-state index contributed by atoms with van der Waals surface area (Å²) < 4.78 is 9.96. The Bertz CT molecular complexity index is 280. The SMILES string of the molecule is CCOC(=O)CCc1cnc(C)o1. The minimum absolute atomic E-state index is 0.198. The number of carbonyl (C=O) groups is 1. The Hall–Kier alpha value is -1.32. The molecule has 1 rings (SSSR count). The first kappa shape index (κ1) is 9.77. The highest BCUT2D eigenvalue weighted by Gasteiger charge is 2.05. The molecule has 13 heavy (non-hydrogen) atoms. The third-order valence-electron chi connectivity index (χ3n) is 1.55. The Labute approximate surface area is 76.9 Å². The van der Waals surface area contributed by atoms with E-state index in [4.69, 9.17) is 9.15 Å². The summed E-state index contributed by atoms with van der Waals surface area (Å²) in [5.41, 5.74) is 0. The van der Waals surface area contributed by atoms with Gasteiger partial charge < -0.3 is 9.15 Å². The number of aromatic nitrogens is 1. The Balaban J connectivity index is 2.30. The second-order valence-electron chi connectivity index (χ2n) is 2.65. The van der Waals surface area contributed by atoms with Gasteiger partial charge in [-0.2, -0.15) is 0 Å². The predicted molar refractivity (Wildman–Crippen MR) is 46.2 cm³/mol. The van der Waals surface area contributed by atoms with Crippen LogP contribution < -0.4 is 0 Å². The molecule has 0 radical (unpaired) electrons. The monoisotopic (exact) mass is 183 g/mol. The molecule has 0 fully saturated rings. The van der Waals surface area contributed by atoms with E-state index >= 15 is 0 Å². The molecule has 0 bridgehead atoms. The molecule has 0 spiro atoms. The number of carbonyl (C=O) groups excluding carboxylic acids is 1. The van der Waals surface area contributed by atoms with Crippen LogP contribution in [0.25, 0.3) is 0 Å². The van der Waals surface area contributed by atoms with Gasteiger partial charge in [0.25, 0.3) is 0 Å². The molecule has 0 saturated heterocycles. The summed E-state index contributed by atoms with van der Waals surface area (Å²) in [6.45, 7) is 3.98. The van der Waals surface area contributed by atoms with Gasteiger partial charge in [-0.05, 0) is 6.92 Å². The maximum absolute atomic E-state index is 10.9. The van der Waals surface area contributed by atoms with Gasteiger partial charge in [-0.25, -0.2) is 4.98 Å². The van der Waals surface area contributed by atoms with Gasteiger partial charge in [-0.1, -0.05) is 0 Å².